The molecular formula is C15H14Cl2N2O. The van der Waals surface area contributed by atoms with Crippen molar-refractivity contribution in [1.29, 1.82) is 0 Å². The van der Waals surface area contributed by atoms with Gasteiger partial charge in [-0.05, 0) is 30.0 Å². The summed E-state index contributed by atoms with van der Waals surface area (Å²) in [5, 5.41) is 1.08. The van der Waals surface area contributed by atoms with Crippen molar-refractivity contribution in [3.8, 4) is 5.69 Å². The molecule has 0 N–H and O–H groups in total. The Morgan fingerprint density at radius 2 is 1.80 bits per heavy atom. The molecule has 1 aliphatic carbocycles. The Morgan fingerprint density at radius 1 is 1.15 bits per heavy atom. The number of hydrogen-bond acceptors (Lipinski definition) is 2. The summed E-state index contributed by atoms with van der Waals surface area (Å²) >= 11 is 12.1. The van der Waals surface area contributed by atoms with Crippen LogP contribution in [0, 0.1) is 5.41 Å². The summed E-state index contributed by atoms with van der Waals surface area (Å²) in [5.41, 5.74) is 2.24. The lowest BCUT2D eigenvalue weighted by Gasteiger charge is -2.28. The Morgan fingerprint density at radius 3 is 2.45 bits per heavy atom. The monoisotopic (exact) mass is 308 g/mol. The van der Waals surface area contributed by atoms with Crippen LogP contribution in [0.25, 0.3) is 5.69 Å². The van der Waals surface area contributed by atoms with E-state index in [1.165, 1.54) is 0 Å². The topological polar surface area (TPSA) is 34.9 Å². The van der Waals surface area contributed by atoms with Crippen molar-refractivity contribution < 1.29 is 4.79 Å². The number of rotatable bonds is 1. The normalized spacial score (nSPS) is 17.1. The van der Waals surface area contributed by atoms with Gasteiger partial charge in [-0.15, -0.1) is 0 Å². The van der Waals surface area contributed by atoms with E-state index in [9.17, 15) is 4.79 Å². The second-order valence-electron chi connectivity index (χ2n) is 5.98. The minimum absolute atomic E-state index is 0.0325. The van der Waals surface area contributed by atoms with E-state index in [1.807, 2.05) is 0 Å². The van der Waals surface area contributed by atoms with Crippen LogP contribution in [0.5, 0.6) is 0 Å². The quantitative estimate of drug-likeness (QED) is 0.785. The third-order valence-corrected chi connectivity index (χ3v) is 3.95. The van der Waals surface area contributed by atoms with Crippen LogP contribution < -0.4 is 0 Å². The average Bonchev–Trinajstić information content (AvgIpc) is 2.69. The summed E-state index contributed by atoms with van der Waals surface area (Å²) in [4.78, 5) is 16.8. The molecule has 1 heterocycles. The third kappa shape index (κ3) is 2.36. The summed E-state index contributed by atoms with van der Waals surface area (Å²) in [6, 6.07) is 5.23. The molecule has 0 amide bonds. The second-order valence-corrected chi connectivity index (χ2v) is 6.85. The molecule has 0 atom stereocenters. The molecule has 0 fully saturated rings. The van der Waals surface area contributed by atoms with Gasteiger partial charge in [0.05, 0.1) is 11.4 Å². The highest BCUT2D eigenvalue weighted by atomic mass is 35.5. The third-order valence-electron chi connectivity index (χ3n) is 3.52. The van der Waals surface area contributed by atoms with Crippen LogP contribution in [0.4, 0.5) is 0 Å². The van der Waals surface area contributed by atoms with E-state index in [-0.39, 0.29) is 11.2 Å². The molecule has 3 nitrogen and oxygen atoms in total. The SMILES string of the molecule is CC1(C)CC(=O)c2c(ncn2-c2cc(Cl)cc(Cl)c2)C1. The number of hydrogen-bond donors (Lipinski definition) is 0. The summed E-state index contributed by atoms with van der Waals surface area (Å²) in [5.74, 6) is 0.116. The number of halogens is 2. The highest BCUT2D eigenvalue weighted by Gasteiger charge is 2.34. The molecule has 104 valence electrons. The predicted octanol–water partition coefficient (Wildman–Crippen LogP) is 4.33. The molecule has 0 saturated heterocycles. The van der Waals surface area contributed by atoms with Crippen LogP contribution in [-0.4, -0.2) is 15.3 Å². The predicted molar refractivity (Wildman–Crippen MR) is 80.0 cm³/mol. The van der Waals surface area contributed by atoms with Gasteiger partial charge in [-0.2, -0.15) is 0 Å². The van der Waals surface area contributed by atoms with E-state index >= 15 is 0 Å². The zero-order valence-electron chi connectivity index (χ0n) is 11.3. The van der Waals surface area contributed by atoms with Crippen molar-refractivity contribution in [1.82, 2.24) is 9.55 Å². The Balaban J connectivity index is 2.14. The molecule has 0 aliphatic heterocycles. The molecule has 5 heteroatoms. The summed E-state index contributed by atoms with van der Waals surface area (Å²) in [7, 11) is 0. The molecule has 1 aromatic heterocycles. The molecule has 0 radical (unpaired) electrons. The van der Waals surface area contributed by atoms with E-state index in [0.717, 1.165) is 17.8 Å². The number of carbonyl (C=O) groups excluding carboxylic acids is 1. The zero-order valence-corrected chi connectivity index (χ0v) is 12.8. The highest BCUT2D eigenvalue weighted by Crippen LogP contribution is 2.35. The first-order valence-corrected chi connectivity index (χ1v) is 7.17. The van der Waals surface area contributed by atoms with E-state index in [2.05, 4.69) is 18.8 Å². The molecule has 0 unspecified atom stereocenters. The average molecular weight is 309 g/mol. The molecule has 1 aliphatic rings. The molecule has 0 spiro atoms. The first kappa shape index (κ1) is 13.7. The van der Waals surface area contributed by atoms with Gasteiger partial charge in [-0.3, -0.25) is 9.36 Å². The van der Waals surface area contributed by atoms with Gasteiger partial charge in [0.2, 0.25) is 0 Å². The number of aromatic nitrogens is 2. The summed E-state index contributed by atoms with van der Waals surface area (Å²) in [6.45, 7) is 4.17. The van der Waals surface area contributed by atoms with Gasteiger partial charge in [0, 0.05) is 16.5 Å². The van der Waals surface area contributed by atoms with Gasteiger partial charge in [-0.1, -0.05) is 37.0 Å². The smallest absolute Gasteiger partial charge is 0.182 e. The fourth-order valence-electron chi connectivity index (χ4n) is 2.72. The Labute approximate surface area is 127 Å². The molecular weight excluding hydrogens is 295 g/mol. The number of Topliss-reactive ketones (excluding diaryl/α,β-unsaturated/α-hetero) is 1. The van der Waals surface area contributed by atoms with Crippen LogP contribution in [0.15, 0.2) is 24.5 Å². The zero-order chi connectivity index (χ0) is 14.5. The number of benzene rings is 1. The molecule has 0 bridgehead atoms. The Hall–Kier alpha value is -1.32. The Kier molecular flexibility index (Phi) is 3.14. The van der Waals surface area contributed by atoms with Gasteiger partial charge < -0.3 is 0 Å². The largest absolute Gasteiger partial charge is 0.296 e. The van der Waals surface area contributed by atoms with Crippen LogP contribution >= 0.6 is 23.2 Å². The van der Waals surface area contributed by atoms with E-state index < -0.39 is 0 Å². The number of nitrogens with zero attached hydrogens (tertiary/aromatic N) is 2. The number of carbonyl (C=O) groups is 1. The minimum atomic E-state index is -0.0325. The highest BCUT2D eigenvalue weighted by molar-refractivity contribution is 6.34. The van der Waals surface area contributed by atoms with Crippen molar-refractivity contribution in [3.63, 3.8) is 0 Å². The molecule has 0 saturated carbocycles. The van der Waals surface area contributed by atoms with Crippen molar-refractivity contribution in [3.05, 3.63) is 46.0 Å². The molecule has 3 rings (SSSR count). The molecule has 2 aromatic rings. The van der Waals surface area contributed by atoms with E-state index in [0.29, 0.717) is 22.2 Å². The fourth-order valence-corrected chi connectivity index (χ4v) is 3.23. The number of fused-ring (bicyclic) bond motifs is 1. The first-order chi connectivity index (χ1) is 9.35. The van der Waals surface area contributed by atoms with Gasteiger partial charge in [0.25, 0.3) is 0 Å². The molecule has 1 aromatic carbocycles. The maximum atomic E-state index is 12.4. The lowest BCUT2D eigenvalue weighted by Crippen LogP contribution is -2.28. The number of ketones is 1. The van der Waals surface area contributed by atoms with Crippen molar-refractivity contribution in [2.75, 3.05) is 0 Å². The Bertz CT molecular complexity index is 684. The second kappa shape index (κ2) is 4.61. The van der Waals surface area contributed by atoms with Crippen LogP contribution in [0.2, 0.25) is 10.0 Å². The lowest BCUT2D eigenvalue weighted by atomic mass is 9.77. The maximum absolute atomic E-state index is 12.4. The van der Waals surface area contributed by atoms with E-state index in [4.69, 9.17) is 23.2 Å². The fraction of sp³-hybridized carbons (Fsp3) is 0.333. The van der Waals surface area contributed by atoms with E-state index in [1.54, 1.807) is 29.1 Å². The van der Waals surface area contributed by atoms with Gasteiger partial charge in [-0.25, -0.2) is 4.98 Å². The lowest BCUT2D eigenvalue weighted by molar-refractivity contribution is 0.0904. The standard InChI is InChI=1S/C15H14Cl2N2O/c1-15(2)6-12-14(13(20)7-15)19(8-18-12)11-4-9(16)3-10(17)5-11/h3-5,8H,6-7H2,1-2H3. The van der Waals surface area contributed by atoms with Gasteiger partial charge in [0.1, 0.15) is 12.0 Å². The van der Waals surface area contributed by atoms with Crippen molar-refractivity contribution in [2.24, 2.45) is 5.41 Å². The summed E-state index contributed by atoms with van der Waals surface area (Å²) < 4.78 is 1.78. The molecule has 20 heavy (non-hydrogen) atoms. The maximum Gasteiger partial charge on any atom is 0.182 e. The minimum Gasteiger partial charge on any atom is -0.296 e. The first-order valence-electron chi connectivity index (χ1n) is 6.42. The van der Waals surface area contributed by atoms with Crippen molar-refractivity contribution in [2.45, 2.75) is 26.7 Å². The van der Waals surface area contributed by atoms with Gasteiger partial charge in [0.15, 0.2) is 5.78 Å². The van der Waals surface area contributed by atoms with Gasteiger partial charge >= 0.3 is 0 Å². The van der Waals surface area contributed by atoms with Crippen LogP contribution in [-0.2, 0) is 6.42 Å². The van der Waals surface area contributed by atoms with Crippen LogP contribution in [0.3, 0.4) is 0 Å². The van der Waals surface area contributed by atoms with Crippen molar-refractivity contribution >= 4 is 29.0 Å². The summed E-state index contributed by atoms with van der Waals surface area (Å²) in [6.07, 6.45) is 3.00. The van der Waals surface area contributed by atoms with Crippen LogP contribution in [0.1, 0.15) is 36.5 Å². The number of imidazole rings is 1.